The molecule has 1 aromatic rings. The number of hydrogen-bond donors (Lipinski definition) is 1. The first kappa shape index (κ1) is 15.4. The number of rotatable bonds is 5. The number of hydrogen-bond acceptors (Lipinski definition) is 3. The van der Waals surface area contributed by atoms with E-state index in [4.69, 9.17) is 18.0 Å². The lowest BCUT2D eigenvalue weighted by Gasteiger charge is -2.27. The first-order valence-electron chi connectivity index (χ1n) is 6.94. The van der Waals surface area contributed by atoms with Gasteiger partial charge in [0.15, 0.2) is 0 Å². The molecule has 1 fully saturated rings. The van der Waals surface area contributed by atoms with Gasteiger partial charge in [-0.3, -0.25) is 4.90 Å². The third-order valence-electron chi connectivity index (χ3n) is 3.78. The van der Waals surface area contributed by atoms with E-state index < -0.39 is 0 Å². The minimum absolute atomic E-state index is 0.233. The number of thiocarbonyl (C=S) groups is 1. The molecule has 0 amide bonds. The highest BCUT2D eigenvalue weighted by Gasteiger charge is 2.25. The maximum Gasteiger partial charge on any atom is 0.123 e. The molecule has 1 aliphatic rings. The van der Waals surface area contributed by atoms with Crippen LogP contribution < -0.4 is 5.73 Å². The molecule has 20 heavy (non-hydrogen) atoms. The molecule has 1 aliphatic heterocycles. The Morgan fingerprint density at radius 1 is 1.50 bits per heavy atom. The van der Waals surface area contributed by atoms with Gasteiger partial charge in [-0.25, -0.2) is 4.39 Å². The predicted octanol–water partition coefficient (Wildman–Crippen LogP) is 1.99. The second kappa shape index (κ2) is 6.61. The Morgan fingerprint density at radius 3 is 2.90 bits per heavy atom. The molecule has 2 N–H and O–H groups in total. The molecule has 1 atom stereocenters. The molecule has 0 aromatic heterocycles. The highest BCUT2D eigenvalue weighted by molar-refractivity contribution is 7.80. The lowest BCUT2D eigenvalue weighted by molar-refractivity contribution is 0.201. The predicted molar refractivity (Wildman–Crippen MR) is 84.3 cm³/mol. The summed E-state index contributed by atoms with van der Waals surface area (Å²) in [7, 11) is 4.16. The van der Waals surface area contributed by atoms with Crippen LogP contribution in [-0.2, 0) is 6.54 Å². The van der Waals surface area contributed by atoms with Gasteiger partial charge >= 0.3 is 0 Å². The normalized spacial score (nSPS) is 19.7. The minimum atomic E-state index is -0.233. The van der Waals surface area contributed by atoms with Crippen molar-refractivity contribution >= 4 is 17.2 Å². The van der Waals surface area contributed by atoms with Crippen molar-refractivity contribution < 1.29 is 4.39 Å². The van der Waals surface area contributed by atoms with E-state index in [1.807, 2.05) is 0 Å². The number of benzene rings is 1. The van der Waals surface area contributed by atoms with Crippen molar-refractivity contribution in [3.63, 3.8) is 0 Å². The number of likely N-dealkylation sites (N-methyl/N-ethyl adjacent to an activating group) is 1. The van der Waals surface area contributed by atoms with Crippen molar-refractivity contribution in [1.29, 1.82) is 0 Å². The van der Waals surface area contributed by atoms with Crippen LogP contribution in [0.15, 0.2) is 18.2 Å². The van der Waals surface area contributed by atoms with Gasteiger partial charge in [-0.05, 0) is 57.2 Å². The number of halogens is 1. The van der Waals surface area contributed by atoms with Gasteiger partial charge in [0.1, 0.15) is 10.8 Å². The molecule has 5 heteroatoms. The summed E-state index contributed by atoms with van der Waals surface area (Å²) in [6, 6.07) is 5.18. The van der Waals surface area contributed by atoms with Crippen LogP contribution in [0, 0.1) is 5.82 Å². The fourth-order valence-electron chi connectivity index (χ4n) is 2.88. The van der Waals surface area contributed by atoms with Crippen molar-refractivity contribution in [1.82, 2.24) is 9.80 Å². The summed E-state index contributed by atoms with van der Waals surface area (Å²) < 4.78 is 13.5. The van der Waals surface area contributed by atoms with E-state index in [1.54, 1.807) is 12.1 Å². The van der Waals surface area contributed by atoms with Gasteiger partial charge in [0, 0.05) is 24.7 Å². The van der Waals surface area contributed by atoms with Crippen LogP contribution in [0.3, 0.4) is 0 Å². The SMILES string of the molecule is CN(C)CC1CCCN1Cc1cc(F)ccc1C(N)=S. The van der Waals surface area contributed by atoms with Gasteiger partial charge in [-0.2, -0.15) is 0 Å². The summed E-state index contributed by atoms with van der Waals surface area (Å²) in [6.45, 7) is 2.78. The average Bonchev–Trinajstić information content (AvgIpc) is 2.75. The largest absolute Gasteiger partial charge is 0.389 e. The van der Waals surface area contributed by atoms with Crippen molar-refractivity contribution in [3.8, 4) is 0 Å². The Morgan fingerprint density at radius 2 is 2.25 bits per heavy atom. The zero-order valence-electron chi connectivity index (χ0n) is 12.1. The zero-order chi connectivity index (χ0) is 14.7. The van der Waals surface area contributed by atoms with E-state index in [2.05, 4.69) is 23.9 Å². The van der Waals surface area contributed by atoms with Gasteiger partial charge in [-0.1, -0.05) is 12.2 Å². The second-order valence-electron chi connectivity index (χ2n) is 5.69. The molecule has 1 saturated heterocycles. The Labute approximate surface area is 125 Å². The molecule has 3 nitrogen and oxygen atoms in total. The van der Waals surface area contributed by atoms with E-state index in [9.17, 15) is 4.39 Å². The Kier molecular flexibility index (Phi) is 5.07. The third-order valence-corrected chi connectivity index (χ3v) is 4.00. The fourth-order valence-corrected chi connectivity index (χ4v) is 3.08. The molecule has 0 aliphatic carbocycles. The first-order chi connectivity index (χ1) is 9.47. The molecule has 110 valence electrons. The monoisotopic (exact) mass is 295 g/mol. The lowest BCUT2D eigenvalue weighted by Crippen LogP contribution is -2.37. The molecule has 0 radical (unpaired) electrons. The maximum absolute atomic E-state index is 13.5. The van der Waals surface area contributed by atoms with Crippen LogP contribution in [0.2, 0.25) is 0 Å². The minimum Gasteiger partial charge on any atom is -0.389 e. The van der Waals surface area contributed by atoms with E-state index in [-0.39, 0.29) is 5.82 Å². The molecular weight excluding hydrogens is 273 g/mol. The maximum atomic E-state index is 13.5. The highest BCUT2D eigenvalue weighted by atomic mass is 32.1. The number of nitrogens with zero attached hydrogens (tertiary/aromatic N) is 2. The van der Waals surface area contributed by atoms with Crippen molar-refractivity contribution in [2.24, 2.45) is 5.73 Å². The average molecular weight is 295 g/mol. The topological polar surface area (TPSA) is 32.5 Å². The summed E-state index contributed by atoms with van der Waals surface area (Å²) >= 11 is 5.06. The molecule has 1 heterocycles. The van der Waals surface area contributed by atoms with Gasteiger partial charge in [-0.15, -0.1) is 0 Å². The summed E-state index contributed by atoms with van der Waals surface area (Å²) in [6.07, 6.45) is 2.38. The van der Waals surface area contributed by atoms with E-state index >= 15 is 0 Å². The quantitative estimate of drug-likeness (QED) is 0.842. The number of nitrogens with two attached hydrogens (primary N) is 1. The van der Waals surface area contributed by atoms with E-state index in [0.717, 1.165) is 24.2 Å². The summed E-state index contributed by atoms with van der Waals surface area (Å²) in [5.41, 5.74) is 7.42. The van der Waals surface area contributed by atoms with Gasteiger partial charge < -0.3 is 10.6 Å². The van der Waals surface area contributed by atoms with E-state index in [0.29, 0.717) is 17.6 Å². The van der Waals surface area contributed by atoms with Crippen LogP contribution in [-0.4, -0.2) is 48.0 Å². The van der Waals surface area contributed by atoms with Gasteiger partial charge in [0.2, 0.25) is 0 Å². The Bertz CT molecular complexity index is 490. The van der Waals surface area contributed by atoms with Gasteiger partial charge in [0.25, 0.3) is 0 Å². The first-order valence-corrected chi connectivity index (χ1v) is 7.35. The van der Waals surface area contributed by atoms with E-state index in [1.165, 1.54) is 18.9 Å². The molecule has 0 bridgehead atoms. The zero-order valence-corrected chi connectivity index (χ0v) is 12.9. The number of likely N-dealkylation sites (tertiary alicyclic amines) is 1. The Hall–Kier alpha value is -1.04. The van der Waals surface area contributed by atoms with Crippen LogP contribution >= 0.6 is 12.2 Å². The van der Waals surface area contributed by atoms with Crippen LogP contribution in [0.1, 0.15) is 24.0 Å². The molecule has 2 rings (SSSR count). The third kappa shape index (κ3) is 3.75. The summed E-state index contributed by atoms with van der Waals surface area (Å²) in [4.78, 5) is 4.93. The van der Waals surface area contributed by atoms with Crippen LogP contribution in [0.25, 0.3) is 0 Å². The van der Waals surface area contributed by atoms with Gasteiger partial charge in [0.05, 0.1) is 0 Å². The standard InChI is InChI=1S/C15H22FN3S/c1-18(2)10-13-4-3-7-19(13)9-11-8-12(16)5-6-14(11)15(17)20/h5-6,8,13H,3-4,7,9-10H2,1-2H3,(H2,17,20). The van der Waals surface area contributed by atoms with Crippen LogP contribution in [0.4, 0.5) is 4.39 Å². The summed E-state index contributed by atoms with van der Waals surface area (Å²) in [5.74, 6) is -0.233. The van der Waals surface area contributed by atoms with Crippen LogP contribution in [0.5, 0.6) is 0 Å². The second-order valence-corrected chi connectivity index (χ2v) is 6.13. The molecule has 0 spiro atoms. The Balaban J connectivity index is 2.16. The van der Waals surface area contributed by atoms with Crippen molar-refractivity contribution in [2.75, 3.05) is 27.2 Å². The smallest absolute Gasteiger partial charge is 0.123 e. The molecule has 0 saturated carbocycles. The lowest BCUT2D eigenvalue weighted by atomic mass is 10.1. The highest BCUT2D eigenvalue weighted by Crippen LogP contribution is 2.22. The summed E-state index contributed by atoms with van der Waals surface area (Å²) in [5, 5.41) is 0. The van der Waals surface area contributed by atoms with Crippen molar-refractivity contribution in [3.05, 3.63) is 35.1 Å². The molecular formula is C15H22FN3S. The molecule has 1 unspecified atom stereocenters. The molecule has 1 aromatic carbocycles. The van der Waals surface area contributed by atoms with Crippen molar-refractivity contribution in [2.45, 2.75) is 25.4 Å². The fraction of sp³-hybridized carbons (Fsp3) is 0.533.